The van der Waals surface area contributed by atoms with Crippen molar-refractivity contribution in [3.63, 3.8) is 0 Å². The SMILES string of the molecule is Cc1nc2nc(SCC(=O)N3CCCC3)nn2c(C)c1Cc1ccccc1. The number of hydrogen-bond donors (Lipinski definition) is 0. The van der Waals surface area contributed by atoms with Crippen LogP contribution in [0.5, 0.6) is 0 Å². The summed E-state index contributed by atoms with van der Waals surface area (Å²) < 4.78 is 1.80. The zero-order chi connectivity index (χ0) is 18.8. The van der Waals surface area contributed by atoms with E-state index < -0.39 is 0 Å². The van der Waals surface area contributed by atoms with Crippen LogP contribution >= 0.6 is 11.8 Å². The first-order valence-corrected chi connectivity index (χ1v) is 10.3. The molecule has 2 aromatic heterocycles. The van der Waals surface area contributed by atoms with Gasteiger partial charge in [0.05, 0.1) is 5.75 Å². The van der Waals surface area contributed by atoms with Crippen molar-refractivity contribution in [2.75, 3.05) is 18.8 Å². The summed E-state index contributed by atoms with van der Waals surface area (Å²) in [5, 5.41) is 5.20. The first kappa shape index (κ1) is 18.0. The molecule has 0 N–H and O–H groups in total. The van der Waals surface area contributed by atoms with Gasteiger partial charge in [0.2, 0.25) is 11.1 Å². The number of amides is 1. The molecule has 1 saturated heterocycles. The van der Waals surface area contributed by atoms with Gasteiger partial charge in [0.15, 0.2) is 0 Å². The fourth-order valence-corrected chi connectivity index (χ4v) is 4.21. The molecule has 0 radical (unpaired) electrons. The maximum atomic E-state index is 12.2. The second kappa shape index (κ2) is 7.68. The van der Waals surface area contributed by atoms with Crippen LogP contribution in [0.15, 0.2) is 35.5 Å². The van der Waals surface area contributed by atoms with E-state index in [1.807, 2.05) is 30.0 Å². The van der Waals surface area contributed by atoms with Crippen molar-refractivity contribution in [3.8, 4) is 0 Å². The Hall–Kier alpha value is -2.41. The molecule has 4 rings (SSSR count). The molecule has 1 aliphatic rings. The Morgan fingerprint density at radius 1 is 1.11 bits per heavy atom. The van der Waals surface area contributed by atoms with Gasteiger partial charge in [-0.15, -0.1) is 5.10 Å². The number of likely N-dealkylation sites (tertiary alicyclic amines) is 1. The second-order valence-corrected chi connectivity index (χ2v) is 7.85. The van der Waals surface area contributed by atoms with E-state index in [1.165, 1.54) is 22.9 Å². The fraction of sp³-hybridized carbons (Fsp3) is 0.400. The summed E-state index contributed by atoms with van der Waals surface area (Å²) in [7, 11) is 0. The summed E-state index contributed by atoms with van der Waals surface area (Å²) in [6.07, 6.45) is 3.03. The monoisotopic (exact) mass is 381 g/mol. The molecule has 0 unspecified atom stereocenters. The molecule has 1 aromatic carbocycles. The molecule has 1 aliphatic heterocycles. The van der Waals surface area contributed by atoms with Crippen LogP contribution in [0.4, 0.5) is 0 Å². The van der Waals surface area contributed by atoms with E-state index in [0.29, 0.717) is 16.7 Å². The summed E-state index contributed by atoms with van der Waals surface area (Å²) in [6.45, 7) is 5.82. The topological polar surface area (TPSA) is 63.4 Å². The van der Waals surface area contributed by atoms with Crippen LogP contribution in [0.2, 0.25) is 0 Å². The molecule has 0 atom stereocenters. The van der Waals surface area contributed by atoms with Gasteiger partial charge in [-0.05, 0) is 37.8 Å². The Bertz CT molecular complexity index is 963. The van der Waals surface area contributed by atoms with Gasteiger partial charge < -0.3 is 4.90 Å². The number of fused-ring (bicyclic) bond motifs is 1. The molecule has 27 heavy (non-hydrogen) atoms. The Kier molecular flexibility index (Phi) is 5.11. The Balaban J connectivity index is 1.55. The molecule has 140 valence electrons. The molecule has 0 aliphatic carbocycles. The van der Waals surface area contributed by atoms with Crippen molar-refractivity contribution in [2.24, 2.45) is 0 Å². The van der Waals surface area contributed by atoms with Crippen molar-refractivity contribution in [3.05, 3.63) is 52.8 Å². The zero-order valence-electron chi connectivity index (χ0n) is 15.7. The number of rotatable bonds is 5. The van der Waals surface area contributed by atoms with Crippen LogP contribution in [0.1, 0.15) is 35.4 Å². The summed E-state index contributed by atoms with van der Waals surface area (Å²) in [5.74, 6) is 1.14. The predicted octanol–water partition coefficient (Wildman–Crippen LogP) is 3.05. The fourth-order valence-electron chi connectivity index (χ4n) is 3.49. The lowest BCUT2D eigenvalue weighted by molar-refractivity contribution is -0.127. The smallest absolute Gasteiger partial charge is 0.253 e. The largest absolute Gasteiger partial charge is 0.342 e. The Morgan fingerprint density at radius 2 is 1.85 bits per heavy atom. The molecule has 7 heteroatoms. The minimum atomic E-state index is 0.169. The maximum absolute atomic E-state index is 12.2. The molecule has 3 heterocycles. The molecule has 0 bridgehead atoms. The molecular formula is C20H23N5OS. The van der Waals surface area contributed by atoms with E-state index in [0.717, 1.165) is 43.7 Å². The highest BCUT2D eigenvalue weighted by Gasteiger charge is 2.19. The molecule has 1 amide bonds. The second-order valence-electron chi connectivity index (χ2n) is 6.91. The molecule has 1 fully saturated rings. The number of benzene rings is 1. The third kappa shape index (κ3) is 3.83. The zero-order valence-corrected chi connectivity index (χ0v) is 16.5. The average Bonchev–Trinajstić information content (AvgIpc) is 3.34. The Morgan fingerprint density at radius 3 is 2.59 bits per heavy atom. The first-order chi connectivity index (χ1) is 13.1. The van der Waals surface area contributed by atoms with Gasteiger partial charge in [0.25, 0.3) is 5.78 Å². The quantitative estimate of drug-likeness (QED) is 0.636. The highest BCUT2D eigenvalue weighted by Crippen LogP contribution is 2.21. The lowest BCUT2D eigenvalue weighted by atomic mass is 10.0. The summed E-state index contributed by atoms with van der Waals surface area (Å²) >= 11 is 1.39. The summed E-state index contributed by atoms with van der Waals surface area (Å²) in [5.41, 5.74) is 4.44. The van der Waals surface area contributed by atoms with E-state index >= 15 is 0 Å². The van der Waals surface area contributed by atoms with E-state index in [9.17, 15) is 4.79 Å². The van der Waals surface area contributed by atoms with Crippen LogP contribution in [0.3, 0.4) is 0 Å². The average molecular weight is 382 g/mol. The van der Waals surface area contributed by atoms with Gasteiger partial charge in [-0.3, -0.25) is 4.79 Å². The van der Waals surface area contributed by atoms with E-state index in [4.69, 9.17) is 0 Å². The number of thioether (sulfide) groups is 1. The van der Waals surface area contributed by atoms with Crippen molar-refractivity contribution >= 4 is 23.4 Å². The molecule has 0 saturated carbocycles. The summed E-state index contributed by atoms with van der Waals surface area (Å²) in [6, 6.07) is 10.4. The van der Waals surface area contributed by atoms with Crippen LogP contribution in [-0.2, 0) is 11.2 Å². The van der Waals surface area contributed by atoms with E-state index in [-0.39, 0.29) is 5.91 Å². The number of nitrogens with zero attached hydrogens (tertiary/aromatic N) is 5. The van der Waals surface area contributed by atoms with E-state index in [2.05, 4.69) is 34.1 Å². The normalized spacial score (nSPS) is 14.2. The van der Waals surface area contributed by atoms with Crippen molar-refractivity contribution in [1.82, 2.24) is 24.5 Å². The molecular weight excluding hydrogens is 358 g/mol. The summed E-state index contributed by atoms with van der Waals surface area (Å²) in [4.78, 5) is 23.3. The Labute approximate surface area is 163 Å². The third-order valence-corrected chi connectivity index (χ3v) is 5.86. The van der Waals surface area contributed by atoms with E-state index in [1.54, 1.807) is 4.52 Å². The maximum Gasteiger partial charge on any atom is 0.253 e. The van der Waals surface area contributed by atoms with Gasteiger partial charge in [0.1, 0.15) is 0 Å². The van der Waals surface area contributed by atoms with Crippen molar-refractivity contribution in [2.45, 2.75) is 38.3 Å². The van der Waals surface area contributed by atoms with Gasteiger partial charge in [0, 0.05) is 30.9 Å². The third-order valence-electron chi connectivity index (χ3n) is 5.04. The highest BCUT2D eigenvalue weighted by atomic mass is 32.2. The highest BCUT2D eigenvalue weighted by molar-refractivity contribution is 7.99. The lowest BCUT2D eigenvalue weighted by Gasteiger charge is -2.13. The van der Waals surface area contributed by atoms with Crippen molar-refractivity contribution in [1.29, 1.82) is 0 Å². The van der Waals surface area contributed by atoms with Gasteiger partial charge in [-0.25, -0.2) is 9.50 Å². The minimum absolute atomic E-state index is 0.169. The van der Waals surface area contributed by atoms with Gasteiger partial charge >= 0.3 is 0 Å². The van der Waals surface area contributed by atoms with Crippen molar-refractivity contribution < 1.29 is 4.79 Å². The van der Waals surface area contributed by atoms with Crippen LogP contribution in [-0.4, -0.2) is 49.2 Å². The number of carbonyl (C=O) groups excluding carboxylic acids is 1. The lowest BCUT2D eigenvalue weighted by Crippen LogP contribution is -2.29. The molecule has 6 nitrogen and oxygen atoms in total. The van der Waals surface area contributed by atoms with Gasteiger partial charge in [-0.1, -0.05) is 42.1 Å². The standard InChI is InChI=1S/C20H23N5OS/c1-14-17(12-16-8-4-3-5-9-16)15(2)25-19(21-14)22-20(23-25)27-13-18(26)24-10-6-7-11-24/h3-5,8-9H,6-7,10-13H2,1-2H3. The molecule has 0 spiro atoms. The van der Waals surface area contributed by atoms with Gasteiger partial charge in [-0.2, -0.15) is 4.98 Å². The molecule has 3 aromatic rings. The predicted molar refractivity (Wildman–Crippen MR) is 106 cm³/mol. The number of carbonyl (C=O) groups is 1. The minimum Gasteiger partial charge on any atom is -0.342 e. The number of aromatic nitrogens is 4. The van der Waals surface area contributed by atoms with Crippen LogP contribution in [0.25, 0.3) is 5.78 Å². The first-order valence-electron chi connectivity index (χ1n) is 9.29. The number of hydrogen-bond acceptors (Lipinski definition) is 5. The van der Waals surface area contributed by atoms with Crippen LogP contribution in [0, 0.1) is 13.8 Å². The van der Waals surface area contributed by atoms with Crippen LogP contribution < -0.4 is 0 Å². The number of aryl methyl sites for hydroxylation is 2.